The van der Waals surface area contributed by atoms with Gasteiger partial charge in [0, 0.05) is 29.5 Å². The van der Waals surface area contributed by atoms with Crippen LogP contribution in [0, 0.1) is 11.3 Å². The second kappa shape index (κ2) is 9.04. The van der Waals surface area contributed by atoms with E-state index in [-0.39, 0.29) is 38.3 Å². The predicted octanol–water partition coefficient (Wildman–Crippen LogP) is 4.48. The largest absolute Gasteiger partial charge is 0.455 e. The first-order valence-corrected chi connectivity index (χ1v) is 11.4. The van der Waals surface area contributed by atoms with Crippen molar-refractivity contribution in [2.45, 2.75) is 11.1 Å². The van der Waals surface area contributed by atoms with Gasteiger partial charge in [-0.25, -0.2) is 13.4 Å². The third-order valence-corrected chi connectivity index (χ3v) is 6.38. The second-order valence-corrected chi connectivity index (χ2v) is 8.99. The van der Waals surface area contributed by atoms with E-state index in [1.807, 2.05) is 6.07 Å². The van der Waals surface area contributed by atoms with Gasteiger partial charge in [0.2, 0.25) is 5.13 Å². The lowest BCUT2D eigenvalue weighted by Gasteiger charge is -2.15. The first kappa shape index (κ1) is 23.1. The summed E-state index contributed by atoms with van der Waals surface area (Å²) in [5, 5.41) is 9.58. The Kier molecular flexibility index (Phi) is 6.14. The Bertz CT molecular complexity index is 1470. The molecule has 2 heterocycles. The van der Waals surface area contributed by atoms with Gasteiger partial charge in [-0.15, -0.1) is 0 Å². The fourth-order valence-corrected chi connectivity index (χ4v) is 4.48. The molecule has 0 spiro atoms. The molecule has 2 aromatic heterocycles. The highest BCUT2D eigenvalue weighted by atomic mass is 32.2. The third-order valence-electron chi connectivity index (χ3n) is 4.33. The van der Waals surface area contributed by atoms with Gasteiger partial charge < -0.3 is 4.74 Å². The summed E-state index contributed by atoms with van der Waals surface area (Å²) in [6.07, 6.45) is 0.510. The first-order valence-electron chi connectivity index (χ1n) is 9.16. The van der Waals surface area contributed by atoms with Gasteiger partial charge in [-0.05, 0) is 36.4 Å². The van der Waals surface area contributed by atoms with Crippen molar-refractivity contribution in [1.29, 1.82) is 5.26 Å². The maximum atomic E-state index is 13.3. The molecule has 0 aliphatic heterocycles. The summed E-state index contributed by atoms with van der Waals surface area (Å²) in [6.45, 7) is 0. The van der Waals surface area contributed by atoms with E-state index in [4.69, 9.17) is 4.74 Å². The Labute approximate surface area is 194 Å². The zero-order chi connectivity index (χ0) is 24.3. The fraction of sp³-hybridized carbons (Fsp3) is 0.0500. The minimum atomic E-state index is -4.61. The van der Waals surface area contributed by atoms with Crippen LogP contribution in [0.15, 0.2) is 66.2 Å². The molecule has 0 radical (unpaired) electrons. The van der Waals surface area contributed by atoms with Crippen molar-refractivity contribution in [2.75, 3.05) is 4.72 Å². The zero-order valence-electron chi connectivity index (χ0n) is 16.7. The summed E-state index contributed by atoms with van der Waals surface area (Å²) in [5.74, 6) is -0.102. The van der Waals surface area contributed by atoms with Gasteiger partial charge in [0.15, 0.2) is 0 Å². The lowest BCUT2D eigenvalue weighted by atomic mass is 10.1. The van der Waals surface area contributed by atoms with Crippen molar-refractivity contribution in [3.63, 3.8) is 0 Å². The van der Waals surface area contributed by atoms with E-state index >= 15 is 0 Å². The average molecular weight is 504 g/mol. The van der Waals surface area contributed by atoms with E-state index in [2.05, 4.69) is 24.0 Å². The summed E-state index contributed by atoms with van der Waals surface area (Å²) < 4.78 is 76.6. The van der Waals surface area contributed by atoms with Crippen molar-refractivity contribution in [3.8, 4) is 28.8 Å². The van der Waals surface area contributed by atoms with Crippen LogP contribution in [0.4, 0.5) is 18.3 Å². The molecular formula is C20H11F3N6O3S2. The summed E-state index contributed by atoms with van der Waals surface area (Å²) in [6, 6.07) is 8.10. The maximum Gasteiger partial charge on any atom is 0.416 e. The first-order chi connectivity index (χ1) is 16.2. The number of halogens is 3. The Balaban J connectivity index is 1.72. The minimum absolute atomic E-state index is 0.0125. The molecule has 9 nitrogen and oxygen atoms in total. The molecule has 34 heavy (non-hydrogen) atoms. The van der Waals surface area contributed by atoms with Gasteiger partial charge in [0.05, 0.1) is 27.9 Å². The molecule has 0 saturated heterocycles. The predicted molar refractivity (Wildman–Crippen MR) is 114 cm³/mol. The van der Waals surface area contributed by atoms with E-state index in [1.54, 1.807) is 0 Å². The number of aromatic nitrogens is 4. The monoisotopic (exact) mass is 504 g/mol. The standard InChI is InChI=1S/C20H11F3N6O3S2/c21-20(22,23)13-1-3-18(15(8-13)16-10-25-5-6-26-16)32-17-4-2-14(7-12(17)9-24)34(30,31)29-19-27-11-28-33-19/h1-8,10-11H,(H,27,28,29). The van der Waals surface area contributed by atoms with E-state index in [0.717, 1.165) is 35.8 Å². The van der Waals surface area contributed by atoms with Crippen LogP contribution in [0.1, 0.15) is 11.1 Å². The number of ether oxygens (including phenoxy) is 1. The number of rotatable bonds is 6. The molecule has 0 saturated carbocycles. The third kappa shape index (κ3) is 4.95. The molecule has 0 unspecified atom stereocenters. The Morgan fingerprint density at radius 1 is 1.06 bits per heavy atom. The molecule has 0 atom stereocenters. The normalized spacial score (nSPS) is 11.6. The molecule has 0 aliphatic carbocycles. The molecule has 0 bridgehead atoms. The fourth-order valence-electron chi connectivity index (χ4n) is 2.80. The van der Waals surface area contributed by atoms with Gasteiger partial charge in [-0.3, -0.25) is 14.7 Å². The highest BCUT2D eigenvalue weighted by molar-refractivity contribution is 7.93. The van der Waals surface area contributed by atoms with Crippen molar-refractivity contribution in [2.24, 2.45) is 0 Å². The highest BCUT2D eigenvalue weighted by Gasteiger charge is 2.31. The van der Waals surface area contributed by atoms with Crippen LogP contribution in [0.25, 0.3) is 11.3 Å². The number of alkyl halides is 3. The molecule has 2 aromatic carbocycles. The number of hydrogen-bond donors (Lipinski definition) is 1. The smallest absolute Gasteiger partial charge is 0.416 e. The quantitative estimate of drug-likeness (QED) is 0.407. The number of benzene rings is 2. The molecule has 0 aliphatic rings. The van der Waals surface area contributed by atoms with E-state index in [9.17, 15) is 26.9 Å². The molecule has 4 aromatic rings. The van der Waals surface area contributed by atoms with Gasteiger partial charge >= 0.3 is 6.18 Å². The minimum Gasteiger partial charge on any atom is -0.455 e. The second-order valence-electron chi connectivity index (χ2n) is 6.52. The van der Waals surface area contributed by atoms with Crippen LogP contribution in [0.2, 0.25) is 0 Å². The molecular weight excluding hydrogens is 493 g/mol. The zero-order valence-corrected chi connectivity index (χ0v) is 18.3. The Hall–Kier alpha value is -4.09. The Morgan fingerprint density at radius 2 is 1.85 bits per heavy atom. The van der Waals surface area contributed by atoms with E-state index in [0.29, 0.717) is 0 Å². The number of nitrogens with zero attached hydrogens (tertiary/aromatic N) is 5. The van der Waals surface area contributed by atoms with E-state index < -0.39 is 21.8 Å². The Morgan fingerprint density at radius 3 is 2.50 bits per heavy atom. The lowest BCUT2D eigenvalue weighted by molar-refractivity contribution is -0.137. The number of nitrogens with one attached hydrogen (secondary N) is 1. The van der Waals surface area contributed by atoms with Crippen molar-refractivity contribution >= 4 is 26.7 Å². The molecule has 0 fully saturated rings. The van der Waals surface area contributed by atoms with Crippen LogP contribution in [-0.4, -0.2) is 27.7 Å². The van der Waals surface area contributed by atoms with Crippen LogP contribution in [0.5, 0.6) is 11.5 Å². The number of sulfonamides is 1. The number of nitriles is 1. The summed E-state index contributed by atoms with van der Waals surface area (Å²) >= 11 is 0.829. The topological polar surface area (TPSA) is 131 Å². The van der Waals surface area contributed by atoms with Crippen molar-refractivity contribution < 1.29 is 26.3 Å². The van der Waals surface area contributed by atoms with Crippen molar-refractivity contribution in [1.82, 2.24) is 19.3 Å². The maximum absolute atomic E-state index is 13.3. The van der Waals surface area contributed by atoms with Crippen LogP contribution < -0.4 is 9.46 Å². The number of anilines is 1. The van der Waals surface area contributed by atoms with Gasteiger partial charge in [-0.2, -0.15) is 22.8 Å². The lowest BCUT2D eigenvalue weighted by Crippen LogP contribution is -2.13. The SMILES string of the molecule is N#Cc1cc(S(=O)(=O)Nc2ncns2)ccc1Oc1ccc(C(F)(F)F)cc1-c1cnccn1. The molecule has 1 N–H and O–H groups in total. The summed E-state index contributed by atoms with van der Waals surface area (Å²) in [4.78, 5) is 11.4. The molecule has 172 valence electrons. The average Bonchev–Trinajstić information content (AvgIpc) is 3.31. The van der Waals surface area contributed by atoms with Crippen LogP contribution in [-0.2, 0) is 16.2 Å². The summed E-state index contributed by atoms with van der Waals surface area (Å²) in [5.41, 5.74) is -0.987. The van der Waals surface area contributed by atoms with E-state index in [1.165, 1.54) is 37.1 Å². The van der Waals surface area contributed by atoms with Gasteiger partial charge in [0.25, 0.3) is 10.0 Å². The molecule has 0 amide bonds. The number of hydrogen-bond acceptors (Lipinski definition) is 9. The molecule has 14 heteroatoms. The highest BCUT2D eigenvalue weighted by Crippen LogP contribution is 2.39. The van der Waals surface area contributed by atoms with Gasteiger partial charge in [0.1, 0.15) is 23.9 Å². The van der Waals surface area contributed by atoms with Crippen molar-refractivity contribution in [3.05, 3.63) is 72.4 Å². The van der Waals surface area contributed by atoms with Crippen LogP contribution in [0.3, 0.4) is 0 Å². The molecule has 4 rings (SSSR count). The van der Waals surface area contributed by atoms with Crippen LogP contribution >= 0.6 is 11.5 Å². The van der Waals surface area contributed by atoms with Gasteiger partial charge in [-0.1, -0.05) is 0 Å². The summed E-state index contributed by atoms with van der Waals surface area (Å²) in [7, 11) is -4.07.